The highest BCUT2D eigenvalue weighted by Gasteiger charge is 2.22. The Balaban J connectivity index is 2.03. The van der Waals surface area contributed by atoms with E-state index in [1.807, 2.05) is 0 Å². The summed E-state index contributed by atoms with van der Waals surface area (Å²) in [5.74, 6) is 1.55. The molecule has 1 rings (SSSR count). The second-order valence-electron chi connectivity index (χ2n) is 4.61. The van der Waals surface area contributed by atoms with E-state index in [-0.39, 0.29) is 0 Å². The molecule has 0 aromatic rings. The van der Waals surface area contributed by atoms with Gasteiger partial charge in [-0.25, -0.2) is 0 Å². The zero-order valence-electron chi connectivity index (χ0n) is 9.18. The zero-order valence-corrected chi connectivity index (χ0v) is 9.18. The average molecular weight is 185 g/mol. The van der Waals surface area contributed by atoms with E-state index in [1.165, 1.54) is 25.7 Å². The van der Waals surface area contributed by atoms with Crippen molar-refractivity contribution in [3.05, 3.63) is 0 Å². The highest BCUT2D eigenvalue weighted by Crippen LogP contribution is 2.27. The maximum Gasteiger partial charge on any atom is 0.0705 e. The molecule has 1 aliphatic rings. The van der Waals surface area contributed by atoms with Gasteiger partial charge in [-0.15, -0.1) is 0 Å². The predicted molar refractivity (Wildman–Crippen MR) is 55.3 cm³/mol. The van der Waals surface area contributed by atoms with Gasteiger partial charge in [0.05, 0.1) is 6.61 Å². The molecule has 0 radical (unpaired) electrons. The highest BCUT2D eigenvalue weighted by molar-refractivity contribution is 4.77. The molecule has 0 saturated heterocycles. The molecule has 1 aliphatic carbocycles. The van der Waals surface area contributed by atoms with Crippen LogP contribution in [0.1, 0.15) is 46.5 Å². The van der Waals surface area contributed by atoms with Gasteiger partial charge >= 0.3 is 0 Å². The molecule has 13 heavy (non-hydrogen) atoms. The maximum atomic E-state index is 5.42. The minimum Gasteiger partial charge on any atom is -0.301 e. The van der Waals surface area contributed by atoms with Crippen LogP contribution in [0.4, 0.5) is 0 Å². The monoisotopic (exact) mass is 185 g/mol. The van der Waals surface area contributed by atoms with Crippen molar-refractivity contribution < 1.29 is 4.84 Å². The lowest BCUT2D eigenvalue weighted by atomic mass is 10.1. The van der Waals surface area contributed by atoms with Crippen LogP contribution in [-0.2, 0) is 4.84 Å². The van der Waals surface area contributed by atoms with E-state index in [4.69, 9.17) is 4.84 Å². The number of hydrogen-bond donors (Lipinski definition) is 1. The van der Waals surface area contributed by atoms with Gasteiger partial charge in [0.25, 0.3) is 0 Å². The predicted octanol–water partition coefficient (Wildman–Crippen LogP) is 2.74. The van der Waals surface area contributed by atoms with Gasteiger partial charge < -0.3 is 4.84 Å². The molecule has 2 heteroatoms. The summed E-state index contributed by atoms with van der Waals surface area (Å²) in [5, 5.41) is 0. The van der Waals surface area contributed by atoms with Crippen LogP contribution in [0.2, 0.25) is 0 Å². The Morgan fingerprint density at radius 3 is 2.69 bits per heavy atom. The van der Waals surface area contributed by atoms with Gasteiger partial charge in [-0.2, -0.15) is 5.48 Å². The van der Waals surface area contributed by atoms with Crippen molar-refractivity contribution in [2.75, 3.05) is 6.61 Å². The van der Waals surface area contributed by atoms with Gasteiger partial charge in [0.15, 0.2) is 0 Å². The summed E-state index contributed by atoms with van der Waals surface area (Å²) in [6.07, 6.45) is 5.28. The van der Waals surface area contributed by atoms with Crippen LogP contribution >= 0.6 is 0 Å². The molecule has 2 atom stereocenters. The van der Waals surface area contributed by atoms with Crippen LogP contribution in [-0.4, -0.2) is 12.6 Å². The minimum atomic E-state index is 0.615. The molecule has 0 aromatic carbocycles. The second kappa shape index (κ2) is 5.61. The number of rotatable bonds is 5. The fourth-order valence-electron chi connectivity index (χ4n) is 1.89. The second-order valence-corrected chi connectivity index (χ2v) is 4.61. The normalized spacial score (nSPS) is 28.6. The van der Waals surface area contributed by atoms with Gasteiger partial charge in [0.1, 0.15) is 0 Å². The van der Waals surface area contributed by atoms with Crippen LogP contribution in [0, 0.1) is 11.8 Å². The topological polar surface area (TPSA) is 21.3 Å². The van der Waals surface area contributed by atoms with Crippen LogP contribution in [0.15, 0.2) is 0 Å². The standard InChI is InChI=1S/C11H23NO/c1-4-10-5-6-11(7-10)12-13-8-9(2)3/h9-12H,4-8H2,1-3H3. The van der Waals surface area contributed by atoms with Crippen molar-refractivity contribution in [1.29, 1.82) is 0 Å². The lowest BCUT2D eigenvalue weighted by Gasteiger charge is -2.13. The summed E-state index contributed by atoms with van der Waals surface area (Å²) in [5.41, 5.74) is 3.18. The fraction of sp³-hybridized carbons (Fsp3) is 1.00. The molecular formula is C11H23NO. The maximum absolute atomic E-state index is 5.42. The molecule has 1 fully saturated rings. The van der Waals surface area contributed by atoms with E-state index in [0.29, 0.717) is 12.0 Å². The van der Waals surface area contributed by atoms with Crippen molar-refractivity contribution in [3.8, 4) is 0 Å². The van der Waals surface area contributed by atoms with Gasteiger partial charge in [-0.3, -0.25) is 0 Å². The van der Waals surface area contributed by atoms with Crippen molar-refractivity contribution in [1.82, 2.24) is 5.48 Å². The molecule has 78 valence electrons. The Morgan fingerprint density at radius 2 is 2.15 bits per heavy atom. The first kappa shape index (κ1) is 11.0. The van der Waals surface area contributed by atoms with Gasteiger partial charge in [0.2, 0.25) is 0 Å². The van der Waals surface area contributed by atoms with E-state index >= 15 is 0 Å². The Kier molecular flexibility index (Phi) is 4.74. The molecule has 2 unspecified atom stereocenters. The highest BCUT2D eigenvalue weighted by atomic mass is 16.6. The molecular weight excluding hydrogens is 162 g/mol. The Morgan fingerprint density at radius 1 is 1.38 bits per heavy atom. The van der Waals surface area contributed by atoms with Gasteiger partial charge in [0, 0.05) is 6.04 Å². The number of hydrogen-bond acceptors (Lipinski definition) is 2. The SMILES string of the molecule is CCC1CCC(NOCC(C)C)C1. The van der Waals surface area contributed by atoms with E-state index in [1.54, 1.807) is 0 Å². The van der Waals surface area contributed by atoms with Crippen molar-refractivity contribution in [2.24, 2.45) is 11.8 Å². The molecule has 0 aromatic heterocycles. The van der Waals surface area contributed by atoms with Crippen molar-refractivity contribution >= 4 is 0 Å². The van der Waals surface area contributed by atoms with Gasteiger partial charge in [-0.1, -0.05) is 27.2 Å². The summed E-state index contributed by atoms with van der Waals surface area (Å²) < 4.78 is 0. The van der Waals surface area contributed by atoms with Crippen LogP contribution in [0.25, 0.3) is 0 Å². The number of nitrogens with one attached hydrogen (secondary N) is 1. The first-order chi connectivity index (χ1) is 6.22. The van der Waals surface area contributed by atoms with Crippen LogP contribution in [0.5, 0.6) is 0 Å². The largest absolute Gasteiger partial charge is 0.301 e. The summed E-state index contributed by atoms with van der Waals surface area (Å²) in [6.45, 7) is 7.45. The van der Waals surface area contributed by atoms with Gasteiger partial charge in [-0.05, 0) is 31.1 Å². The minimum absolute atomic E-state index is 0.615. The smallest absolute Gasteiger partial charge is 0.0705 e. The van der Waals surface area contributed by atoms with E-state index in [9.17, 15) is 0 Å². The van der Waals surface area contributed by atoms with Crippen molar-refractivity contribution in [2.45, 2.75) is 52.5 Å². The molecule has 0 aliphatic heterocycles. The Hall–Kier alpha value is -0.0800. The van der Waals surface area contributed by atoms with Crippen molar-refractivity contribution in [3.63, 3.8) is 0 Å². The van der Waals surface area contributed by atoms with E-state index in [0.717, 1.165) is 12.5 Å². The Labute approximate surface area is 82.0 Å². The first-order valence-corrected chi connectivity index (χ1v) is 5.59. The third-order valence-electron chi connectivity index (χ3n) is 2.79. The number of hydroxylamine groups is 1. The summed E-state index contributed by atoms with van der Waals surface area (Å²) in [7, 11) is 0. The van der Waals surface area contributed by atoms with Crippen LogP contribution in [0.3, 0.4) is 0 Å². The summed E-state index contributed by atoms with van der Waals surface area (Å²) >= 11 is 0. The van der Waals surface area contributed by atoms with Crippen LogP contribution < -0.4 is 5.48 Å². The third kappa shape index (κ3) is 4.10. The third-order valence-corrected chi connectivity index (χ3v) is 2.79. The Bertz CT molecular complexity index is 136. The quantitative estimate of drug-likeness (QED) is 0.665. The first-order valence-electron chi connectivity index (χ1n) is 5.59. The molecule has 0 heterocycles. The summed E-state index contributed by atoms with van der Waals surface area (Å²) in [6, 6.07) is 0.615. The fourth-order valence-corrected chi connectivity index (χ4v) is 1.89. The van der Waals surface area contributed by atoms with E-state index < -0.39 is 0 Å². The lowest BCUT2D eigenvalue weighted by Crippen LogP contribution is -2.28. The summed E-state index contributed by atoms with van der Waals surface area (Å²) in [4.78, 5) is 5.42. The molecule has 2 nitrogen and oxygen atoms in total. The molecule has 0 amide bonds. The lowest BCUT2D eigenvalue weighted by molar-refractivity contribution is 0.00151. The van der Waals surface area contributed by atoms with E-state index in [2.05, 4.69) is 26.3 Å². The molecule has 1 saturated carbocycles. The molecule has 0 spiro atoms. The molecule has 0 bridgehead atoms. The zero-order chi connectivity index (χ0) is 9.68. The molecule has 1 N–H and O–H groups in total. The average Bonchev–Trinajstić information content (AvgIpc) is 2.52.